The van der Waals surface area contributed by atoms with E-state index >= 15 is 0 Å². The van der Waals surface area contributed by atoms with Gasteiger partial charge in [-0.25, -0.2) is 0 Å². The smallest absolute Gasteiger partial charge is 0.307 e. The molecule has 3 heteroatoms. The van der Waals surface area contributed by atoms with E-state index in [-0.39, 0.29) is 11.3 Å². The van der Waals surface area contributed by atoms with Crippen molar-refractivity contribution in [3.8, 4) is 0 Å². The summed E-state index contributed by atoms with van der Waals surface area (Å²) in [5.74, 6) is -0.650. The molecule has 1 spiro atoms. The summed E-state index contributed by atoms with van der Waals surface area (Å²) in [6.07, 6.45) is 3.01. The molecule has 1 aromatic rings. The Bertz CT molecular complexity index is 435. The molecule has 3 nitrogen and oxygen atoms in total. The van der Waals surface area contributed by atoms with Gasteiger partial charge in [-0.2, -0.15) is 0 Å². The first-order valence-electron chi connectivity index (χ1n) is 6.69. The zero-order valence-corrected chi connectivity index (χ0v) is 10.5. The number of hydrogen-bond donors (Lipinski definition) is 1. The van der Waals surface area contributed by atoms with Gasteiger partial charge in [0.25, 0.3) is 0 Å². The van der Waals surface area contributed by atoms with Crippen LogP contribution < -0.4 is 0 Å². The molecule has 0 bridgehead atoms. The monoisotopic (exact) mass is 245 g/mol. The lowest BCUT2D eigenvalue weighted by Gasteiger charge is -2.32. The summed E-state index contributed by atoms with van der Waals surface area (Å²) in [7, 11) is 0. The molecule has 2 aliphatic rings. The van der Waals surface area contributed by atoms with E-state index in [4.69, 9.17) is 5.11 Å². The van der Waals surface area contributed by atoms with Gasteiger partial charge < -0.3 is 5.11 Å². The van der Waals surface area contributed by atoms with E-state index in [0.29, 0.717) is 0 Å². The molecule has 1 N–H and O–H groups in total. The van der Waals surface area contributed by atoms with E-state index in [1.165, 1.54) is 5.56 Å². The molecule has 1 heterocycles. The maximum atomic E-state index is 11.0. The van der Waals surface area contributed by atoms with Crippen LogP contribution in [0.3, 0.4) is 0 Å². The minimum atomic E-state index is -0.591. The third-order valence-corrected chi connectivity index (χ3v) is 4.59. The van der Waals surface area contributed by atoms with Crippen molar-refractivity contribution < 1.29 is 9.90 Å². The van der Waals surface area contributed by atoms with Crippen LogP contribution in [0.25, 0.3) is 0 Å². The number of rotatable bonds is 3. The van der Waals surface area contributed by atoms with Gasteiger partial charge in [0.2, 0.25) is 0 Å². The molecule has 0 amide bonds. The average Bonchev–Trinajstić information content (AvgIpc) is 3.09. The maximum Gasteiger partial charge on any atom is 0.307 e. The lowest BCUT2D eigenvalue weighted by Crippen LogP contribution is -2.35. The Morgan fingerprint density at radius 3 is 2.50 bits per heavy atom. The van der Waals surface area contributed by atoms with Gasteiger partial charge in [-0.1, -0.05) is 30.3 Å². The highest BCUT2D eigenvalue weighted by Crippen LogP contribution is 2.59. The van der Waals surface area contributed by atoms with Crippen LogP contribution in [0, 0.1) is 11.3 Å². The lowest BCUT2D eigenvalue weighted by atomic mass is 9.90. The van der Waals surface area contributed by atoms with E-state index in [1.807, 2.05) is 6.07 Å². The Balaban J connectivity index is 1.54. The zero-order valence-electron chi connectivity index (χ0n) is 10.5. The van der Waals surface area contributed by atoms with Crippen molar-refractivity contribution in [3.05, 3.63) is 35.9 Å². The SMILES string of the molecule is O=C(O)C1CC12CCN(Cc1ccccc1)CC2. The summed E-state index contributed by atoms with van der Waals surface area (Å²) in [4.78, 5) is 13.4. The predicted octanol–water partition coefficient (Wildman–Crippen LogP) is 2.37. The minimum absolute atomic E-state index is 0.0589. The minimum Gasteiger partial charge on any atom is -0.481 e. The van der Waals surface area contributed by atoms with Gasteiger partial charge in [-0.15, -0.1) is 0 Å². The molecule has 3 rings (SSSR count). The van der Waals surface area contributed by atoms with E-state index in [2.05, 4.69) is 29.2 Å². The first-order chi connectivity index (χ1) is 8.70. The van der Waals surface area contributed by atoms with Gasteiger partial charge in [0.05, 0.1) is 5.92 Å². The van der Waals surface area contributed by atoms with Crippen molar-refractivity contribution in [3.63, 3.8) is 0 Å². The van der Waals surface area contributed by atoms with Crippen molar-refractivity contribution in [2.24, 2.45) is 11.3 Å². The molecule has 1 aliphatic heterocycles. The Morgan fingerprint density at radius 2 is 1.94 bits per heavy atom. The van der Waals surface area contributed by atoms with Crippen molar-refractivity contribution in [2.45, 2.75) is 25.8 Å². The van der Waals surface area contributed by atoms with Crippen LogP contribution in [-0.2, 0) is 11.3 Å². The number of piperidine rings is 1. The summed E-state index contributed by atoms with van der Waals surface area (Å²) in [6, 6.07) is 10.5. The second-order valence-electron chi connectivity index (χ2n) is 5.72. The highest BCUT2D eigenvalue weighted by Gasteiger charge is 2.58. The van der Waals surface area contributed by atoms with Gasteiger partial charge in [-0.05, 0) is 43.3 Å². The van der Waals surface area contributed by atoms with Gasteiger partial charge in [-0.3, -0.25) is 9.69 Å². The van der Waals surface area contributed by atoms with E-state index in [0.717, 1.165) is 38.9 Å². The predicted molar refractivity (Wildman–Crippen MR) is 69.1 cm³/mol. The Morgan fingerprint density at radius 1 is 1.28 bits per heavy atom. The van der Waals surface area contributed by atoms with Crippen LogP contribution in [0.5, 0.6) is 0 Å². The number of hydrogen-bond acceptors (Lipinski definition) is 2. The molecule has 1 aliphatic carbocycles. The lowest BCUT2D eigenvalue weighted by molar-refractivity contribution is -0.139. The maximum absolute atomic E-state index is 11.0. The molecule has 96 valence electrons. The number of nitrogens with zero attached hydrogens (tertiary/aromatic N) is 1. The fraction of sp³-hybridized carbons (Fsp3) is 0.533. The molecule has 1 saturated heterocycles. The number of likely N-dealkylation sites (tertiary alicyclic amines) is 1. The largest absolute Gasteiger partial charge is 0.481 e. The Hall–Kier alpha value is -1.35. The average molecular weight is 245 g/mol. The fourth-order valence-corrected chi connectivity index (χ4v) is 3.25. The van der Waals surface area contributed by atoms with Gasteiger partial charge in [0, 0.05) is 6.54 Å². The van der Waals surface area contributed by atoms with Crippen LogP contribution in [0.4, 0.5) is 0 Å². The zero-order chi connectivity index (χ0) is 12.6. The summed E-state index contributed by atoms with van der Waals surface area (Å²) in [5, 5.41) is 9.06. The second kappa shape index (κ2) is 4.39. The third-order valence-electron chi connectivity index (χ3n) is 4.59. The first kappa shape index (κ1) is 11.7. The summed E-state index contributed by atoms with van der Waals surface area (Å²) in [5.41, 5.74) is 1.50. The quantitative estimate of drug-likeness (QED) is 0.888. The van der Waals surface area contributed by atoms with Crippen molar-refractivity contribution >= 4 is 5.97 Å². The number of aliphatic carboxylic acids is 1. The van der Waals surface area contributed by atoms with Crippen LogP contribution in [0.15, 0.2) is 30.3 Å². The standard InChI is InChI=1S/C15H19NO2/c17-14(18)13-10-15(13)6-8-16(9-7-15)11-12-4-2-1-3-5-12/h1-5,13H,6-11H2,(H,17,18). The van der Waals surface area contributed by atoms with Crippen LogP contribution in [0.1, 0.15) is 24.8 Å². The molecule has 0 radical (unpaired) electrons. The molecule has 0 aromatic heterocycles. The summed E-state index contributed by atoms with van der Waals surface area (Å²) >= 11 is 0. The topological polar surface area (TPSA) is 40.5 Å². The highest BCUT2D eigenvalue weighted by atomic mass is 16.4. The Labute approximate surface area is 107 Å². The van der Waals surface area contributed by atoms with Gasteiger partial charge >= 0.3 is 5.97 Å². The molecule has 18 heavy (non-hydrogen) atoms. The molecule has 2 fully saturated rings. The molecular formula is C15H19NO2. The van der Waals surface area contributed by atoms with Crippen molar-refractivity contribution in [1.82, 2.24) is 4.90 Å². The van der Waals surface area contributed by atoms with Gasteiger partial charge in [0.1, 0.15) is 0 Å². The van der Waals surface area contributed by atoms with E-state index < -0.39 is 5.97 Å². The number of carboxylic acid groups (broad SMARTS) is 1. The third kappa shape index (κ3) is 2.15. The fourth-order valence-electron chi connectivity index (χ4n) is 3.25. The van der Waals surface area contributed by atoms with Crippen LogP contribution >= 0.6 is 0 Å². The van der Waals surface area contributed by atoms with E-state index in [9.17, 15) is 4.79 Å². The molecule has 1 saturated carbocycles. The van der Waals surface area contributed by atoms with Crippen molar-refractivity contribution in [1.29, 1.82) is 0 Å². The Kier molecular flexibility index (Phi) is 2.86. The summed E-state index contributed by atoms with van der Waals surface area (Å²) < 4.78 is 0. The summed E-state index contributed by atoms with van der Waals surface area (Å²) in [6.45, 7) is 3.08. The molecule has 1 atom stereocenters. The molecule has 1 aromatic carbocycles. The second-order valence-corrected chi connectivity index (χ2v) is 5.72. The van der Waals surface area contributed by atoms with Crippen LogP contribution in [0.2, 0.25) is 0 Å². The number of carbonyl (C=O) groups is 1. The molecular weight excluding hydrogens is 226 g/mol. The normalized spacial score (nSPS) is 26.1. The highest BCUT2D eigenvalue weighted by molar-refractivity contribution is 5.74. The number of benzene rings is 1. The van der Waals surface area contributed by atoms with E-state index in [1.54, 1.807) is 0 Å². The first-order valence-corrected chi connectivity index (χ1v) is 6.69. The van der Waals surface area contributed by atoms with Crippen LogP contribution in [-0.4, -0.2) is 29.1 Å². The van der Waals surface area contributed by atoms with Crippen molar-refractivity contribution in [2.75, 3.05) is 13.1 Å². The van der Waals surface area contributed by atoms with Gasteiger partial charge in [0.15, 0.2) is 0 Å². The molecule has 1 unspecified atom stereocenters. The number of carboxylic acids is 1.